The molecule has 1 amide bonds. The van der Waals surface area contributed by atoms with Crippen LogP contribution in [0.25, 0.3) is 22.3 Å². The van der Waals surface area contributed by atoms with E-state index in [1.54, 1.807) is 27.8 Å². The van der Waals surface area contributed by atoms with Gasteiger partial charge in [0.15, 0.2) is 17.3 Å². The van der Waals surface area contributed by atoms with Gasteiger partial charge < -0.3 is 15.4 Å². The van der Waals surface area contributed by atoms with Gasteiger partial charge in [-0.3, -0.25) is 4.79 Å². The predicted molar refractivity (Wildman–Crippen MR) is 136 cm³/mol. The second-order valence-corrected chi connectivity index (χ2v) is 9.12. The number of carbonyl (C=O) groups excluding carboxylic acids is 1. The molecule has 1 aliphatic rings. The third kappa shape index (κ3) is 4.84. The highest BCUT2D eigenvalue weighted by Crippen LogP contribution is 2.37. The summed E-state index contributed by atoms with van der Waals surface area (Å²) in [6.07, 6.45) is 4.33. The highest BCUT2D eigenvalue weighted by atomic mass is 35.5. The molecule has 1 saturated heterocycles. The average molecular weight is 525 g/mol. The topological polar surface area (TPSA) is 99.2 Å². The molecule has 0 spiro atoms. The molecule has 0 unspecified atom stereocenters. The van der Waals surface area contributed by atoms with Crippen LogP contribution in [0.4, 0.5) is 14.6 Å². The molecule has 5 rings (SSSR count). The molecule has 4 aromatic rings. The number of piperidine rings is 1. The van der Waals surface area contributed by atoms with Gasteiger partial charge in [-0.25, -0.2) is 23.4 Å². The fourth-order valence-corrected chi connectivity index (χ4v) is 4.73. The molecule has 11 heteroatoms. The van der Waals surface area contributed by atoms with Gasteiger partial charge in [0.05, 0.1) is 16.5 Å². The Bertz CT molecular complexity index is 1510. The zero-order chi connectivity index (χ0) is 26.1. The standard InChI is InChI=1S/C26H23ClF2N6O2/c1-2-22(36)34-9-3-4-17(12-34)35-26-23(25(30)31-14-32-26)24(33-35)16-6-8-21(18(27)11-16)37-13-15-5-7-19(28)20(29)10-15/h2,5-8,10-11,14,17H,1,3-4,9,12-13H2,(H2,30,31,32)/t17-/m1/s1. The minimum Gasteiger partial charge on any atom is -0.487 e. The molecule has 3 heterocycles. The third-order valence-corrected chi connectivity index (χ3v) is 6.63. The van der Waals surface area contributed by atoms with Crippen molar-refractivity contribution in [1.29, 1.82) is 0 Å². The third-order valence-electron chi connectivity index (χ3n) is 6.33. The van der Waals surface area contributed by atoms with E-state index in [2.05, 4.69) is 16.5 Å². The summed E-state index contributed by atoms with van der Waals surface area (Å²) in [7, 11) is 0. The van der Waals surface area contributed by atoms with Gasteiger partial charge in [0.1, 0.15) is 30.2 Å². The number of hydrogen-bond donors (Lipinski definition) is 1. The lowest BCUT2D eigenvalue weighted by molar-refractivity contribution is -0.127. The lowest BCUT2D eigenvalue weighted by Gasteiger charge is -2.32. The molecule has 1 aliphatic heterocycles. The maximum Gasteiger partial charge on any atom is 0.246 e. The SMILES string of the molecule is C=CC(=O)N1CCC[C@@H](n2nc(-c3ccc(OCc4ccc(F)c(F)c4)c(Cl)c3)c3c(N)ncnc32)C1. The second-order valence-electron chi connectivity index (χ2n) is 8.72. The van der Waals surface area contributed by atoms with E-state index in [0.717, 1.165) is 25.0 Å². The van der Waals surface area contributed by atoms with Crippen molar-refractivity contribution in [2.45, 2.75) is 25.5 Å². The Morgan fingerprint density at radius 2 is 2.05 bits per heavy atom. The van der Waals surface area contributed by atoms with Gasteiger partial charge >= 0.3 is 0 Å². The van der Waals surface area contributed by atoms with Gasteiger partial charge in [0.2, 0.25) is 5.91 Å². The number of halogens is 3. The van der Waals surface area contributed by atoms with E-state index in [4.69, 9.17) is 27.2 Å². The van der Waals surface area contributed by atoms with Crippen molar-refractivity contribution < 1.29 is 18.3 Å². The van der Waals surface area contributed by atoms with Crippen molar-refractivity contribution in [2.24, 2.45) is 0 Å². The zero-order valence-electron chi connectivity index (χ0n) is 19.7. The number of aromatic nitrogens is 4. The van der Waals surface area contributed by atoms with Crippen LogP contribution in [-0.2, 0) is 11.4 Å². The Kier molecular flexibility index (Phi) is 6.75. The number of nitrogen functional groups attached to an aromatic ring is 1. The van der Waals surface area contributed by atoms with Gasteiger partial charge in [-0.1, -0.05) is 24.2 Å². The molecular formula is C26H23ClF2N6O2. The highest BCUT2D eigenvalue weighted by molar-refractivity contribution is 6.32. The molecule has 2 N–H and O–H groups in total. The number of likely N-dealkylation sites (tertiary alicyclic amines) is 1. The quantitative estimate of drug-likeness (QED) is 0.359. The van der Waals surface area contributed by atoms with Crippen LogP contribution in [0.15, 0.2) is 55.4 Å². The summed E-state index contributed by atoms with van der Waals surface area (Å²) >= 11 is 6.51. The number of ether oxygens (including phenoxy) is 1. The Morgan fingerprint density at radius 3 is 2.81 bits per heavy atom. The first-order valence-electron chi connectivity index (χ1n) is 11.6. The number of amides is 1. The summed E-state index contributed by atoms with van der Waals surface area (Å²) in [6.45, 7) is 4.73. The maximum absolute atomic E-state index is 13.5. The van der Waals surface area contributed by atoms with E-state index in [0.29, 0.717) is 51.7 Å². The lowest BCUT2D eigenvalue weighted by atomic mass is 10.1. The maximum atomic E-state index is 13.5. The highest BCUT2D eigenvalue weighted by Gasteiger charge is 2.28. The molecule has 0 aliphatic carbocycles. The number of rotatable bonds is 6. The Hall–Kier alpha value is -4.05. The molecule has 0 saturated carbocycles. The summed E-state index contributed by atoms with van der Waals surface area (Å²) in [4.78, 5) is 22.5. The van der Waals surface area contributed by atoms with E-state index >= 15 is 0 Å². The molecule has 8 nitrogen and oxygen atoms in total. The van der Waals surface area contributed by atoms with Crippen LogP contribution in [0.1, 0.15) is 24.4 Å². The second kappa shape index (κ2) is 10.1. The summed E-state index contributed by atoms with van der Waals surface area (Å²) in [5, 5.41) is 5.73. The molecule has 2 aromatic carbocycles. The van der Waals surface area contributed by atoms with Crippen LogP contribution in [0, 0.1) is 11.6 Å². The Morgan fingerprint density at radius 1 is 1.22 bits per heavy atom. The molecular weight excluding hydrogens is 502 g/mol. The van der Waals surface area contributed by atoms with Gasteiger partial charge in [-0.2, -0.15) is 5.10 Å². The van der Waals surface area contributed by atoms with E-state index in [1.165, 1.54) is 18.5 Å². The van der Waals surface area contributed by atoms with Gasteiger partial charge in [-0.05, 0) is 54.8 Å². The van der Waals surface area contributed by atoms with Gasteiger partial charge in [-0.15, -0.1) is 0 Å². The first-order chi connectivity index (χ1) is 17.9. The van der Waals surface area contributed by atoms with E-state index in [9.17, 15) is 13.6 Å². The molecule has 2 aromatic heterocycles. The first-order valence-corrected chi connectivity index (χ1v) is 12.0. The van der Waals surface area contributed by atoms with Crippen LogP contribution in [0.3, 0.4) is 0 Å². The molecule has 190 valence electrons. The fourth-order valence-electron chi connectivity index (χ4n) is 4.49. The molecule has 1 atom stereocenters. The normalized spacial score (nSPS) is 15.6. The van der Waals surface area contributed by atoms with Gasteiger partial charge in [0, 0.05) is 18.7 Å². The van der Waals surface area contributed by atoms with Crippen LogP contribution >= 0.6 is 11.6 Å². The molecule has 37 heavy (non-hydrogen) atoms. The van der Waals surface area contributed by atoms with Crippen LogP contribution in [0.2, 0.25) is 5.02 Å². The van der Waals surface area contributed by atoms with Crippen molar-refractivity contribution in [2.75, 3.05) is 18.8 Å². The minimum atomic E-state index is -0.945. The number of carbonyl (C=O) groups is 1. The summed E-state index contributed by atoms with van der Waals surface area (Å²) < 4.78 is 34.2. The van der Waals surface area contributed by atoms with Crippen LogP contribution in [0.5, 0.6) is 5.75 Å². The molecule has 1 fully saturated rings. The Labute approximate surface area is 216 Å². The van der Waals surface area contributed by atoms with Crippen LogP contribution in [-0.4, -0.2) is 43.6 Å². The van der Waals surface area contributed by atoms with Crippen molar-refractivity contribution in [3.05, 3.63) is 77.6 Å². The number of hydrogen-bond acceptors (Lipinski definition) is 6. The summed E-state index contributed by atoms with van der Waals surface area (Å²) in [5.41, 5.74) is 8.49. The predicted octanol–water partition coefficient (Wildman–Crippen LogP) is 4.94. The monoisotopic (exact) mass is 524 g/mol. The molecule has 0 radical (unpaired) electrons. The van der Waals surface area contributed by atoms with Gasteiger partial charge in [0.25, 0.3) is 0 Å². The lowest BCUT2D eigenvalue weighted by Crippen LogP contribution is -2.40. The van der Waals surface area contributed by atoms with E-state index in [-0.39, 0.29) is 24.4 Å². The van der Waals surface area contributed by atoms with Crippen molar-refractivity contribution >= 4 is 34.4 Å². The van der Waals surface area contributed by atoms with E-state index < -0.39 is 11.6 Å². The number of fused-ring (bicyclic) bond motifs is 1. The van der Waals surface area contributed by atoms with Crippen molar-refractivity contribution in [1.82, 2.24) is 24.6 Å². The molecule has 0 bridgehead atoms. The summed E-state index contributed by atoms with van der Waals surface area (Å²) in [5.74, 6) is -1.35. The minimum absolute atomic E-state index is 0.0101. The van der Waals surface area contributed by atoms with E-state index in [1.807, 2.05) is 0 Å². The first kappa shape index (κ1) is 24.6. The summed E-state index contributed by atoms with van der Waals surface area (Å²) in [6, 6.07) is 8.61. The smallest absolute Gasteiger partial charge is 0.246 e. The Balaban J connectivity index is 1.46. The number of anilines is 1. The van der Waals surface area contributed by atoms with Crippen molar-refractivity contribution in [3.8, 4) is 17.0 Å². The average Bonchev–Trinajstić information content (AvgIpc) is 3.30. The number of nitrogens with zero attached hydrogens (tertiary/aromatic N) is 5. The van der Waals surface area contributed by atoms with Crippen molar-refractivity contribution in [3.63, 3.8) is 0 Å². The van der Waals surface area contributed by atoms with Crippen LogP contribution < -0.4 is 10.5 Å². The fraction of sp³-hybridized carbons (Fsp3) is 0.231. The zero-order valence-corrected chi connectivity index (χ0v) is 20.5. The largest absolute Gasteiger partial charge is 0.487 e. The number of nitrogens with two attached hydrogens (primary N) is 1. The number of benzene rings is 2.